The Morgan fingerprint density at radius 3 is 1.93 bits per heavy atom. The monoisotopic (exact) mass is 451 g/mol. The molecular weight excluding hydrogens is 410 g/mol. The molecule has 2 saturated carbocycles. The molecule has 0 saturated heterocycles. The third-order valence-electron chi connectivity index (χ3n) is 6.84. The smallest absolute Gasteiger partial charge is 0.102 e. The van der Waals surface area contributed by atoms with Gasteiger partial charge in [0.15, 0.2) is 0 Å². The molecule has 0 aromatic carbocycles. The molecule has 162 valence electrons. The van der Waals surface area contributed by atoms with E-state index in [2.05, 4.69) is 20.9 Å². The molecule has 1 unspecified atom stereocenters. The number of rotatable bonds is 7. The number of aliphatic hydroxyl groups is 2. The normalized spacial score (nSPS) is 21.4. The number of carboxylic acids is 1. The van der Waals surface area contributed by atoms with Gasteiger partial charge in [-0.1, -0.05) is 38.5 Å². The van der Waals surface area contributed by atoms with Crippen LogP contribution in [0, 0.1) is 11.8 Å². The van der Waals surface area contributed by atoms with Crippen molar-refractivity contribution in [2.45, 2.75) is 83.7 Å². The van der Waals surface area contributed by atoms with Crippen molar-refractivity contribution in [1.29, 1.82) is 0 Å². The van der Waals surface area contributed by atoms with E-state index < -0.39 is 17.5 Å². The number of carboxylic acid groups (broad SMARTS) is 1. The van der Waals surface area contributed by atoms with Gasteiger partial charge >= 0.3 is 0 Å². The minimum absolute atomic E-state index is 0. The average Bonchev–Trinajstić information content (AvgIpc) is 2.63. The Labute approximate surface area is 176 Å². The van der Waals surface area contributed by atoms with Gasteiger partial charge in [0.1, 0.15) is 6.54 Å². The van der Waals surface area contributed by atoms with Crippen molar-refractivity contribution < 1.29 is 24.6 Å². The molecule has 2 fully saturated rings. The summed E-state index contributed by atoms with van der Waals surface area (Å²) in [5.74, 6) is -1.53. The van der Waals surface area contributed by atoms with Crippen LogP contribution in [0.4, 0.5) is 0 Å². The largest absolute Gasteiger partial charge is 0.550 e. The third-order valence-corrected chi connectivity index (χ3v) is 6.84. The number of likely N-dealkylation sites (N-methyl/N-ethyl adjacent to an activating group) is 1. The van der Waals surface area contributed by atoms with Crippen molar-refractivity contribution >= 4 is 23.0 Å². The number of hydrogen-bond acceptors (Lipinski definition) is 4. The first-order chi connectivity index (χ1) is 12.3. The number of carbonyl (C=O) groups is 1. The number of carbonyl (C=O) groups excluding carboxylic acids is 1. The maximum atomic E-state index is 11.4. The van der Waals surface area contributed by atoms with E-state index in [1.54, 1.807) is 0 Å². The molecular formula is C21H42BrNO4. The minimum Gasteiger partial charge on any atom is -0.550 e. The second-order valence-electron chi connectivity index (χ2n) is 8.56. The molecule has 0 heterocycles. The average molecular weight is 452 g/mol. The van der Waals surface area contributed by atoms with Crippen molar-refractivity contribution in [1.82, 2.24) is 0 Å². The molecule has 2 aliphatic carbocycles. The van der Waals surface area contributed by atoms with Crippen LogP contribution in [0.1, 0.15) is 78.1 Å². The van der Waals surface area contributed by atoms with E-state index in [-0.39, 0.29) is 22.9 Å². The summed E-state index contributed by atoms with van der Waals surface area (Å²) < 4.78 is 0.983. The molecule has 0 amide bonds. The highest BCUT2D eigenvalue weighted by Crippen LogP contribution is 2.42. The Balaban J connectivity index is 0.000000584. The van der Waals surface area contributed by atoms with Gasteiger partial charge in [-0.05, 0) is 45.4 Å². The van der Waals surface area contributed by atoms with Crippen LogP contribution in [0.15, 0.2) is 0 Å². The van der Waals surface area contributed by atoms with E-state index in [1.165, 1.54) is 6.42 Å². The van der Waals surface area contributed by atoms with Gasteiger partial charge in [-0.15, -0.1) is 17.0 Å². The second kappa shape index (κ2) is 13.1. The molecule has 0 aromatic heterocycles. The Hall–Kier alpha value is -0.170. The lowest BCUT2D eigenvalue weighted by Crippen LogP contribution is -2.52. The van der Waals surface area contributed by atoms with Crippen LogP contribution in [0.3, 0.4) is 0 Å². The zero-order valence-electron chi connectivity index (χ0n) is 17.6. The van der Waals surface area contributed by atoms with Crippen molar-refractivity contribution in [2.75, 3.05) is 33.3 Å². The molecule has 0 spiro atoms. The number of aliphatic carboxylic acids is 1. The summed E-state index contributed by atoms with van der Waals surface area (Å²) in [6.07, 6.45) is 9.60. The first-order valence-electron chi connectivity index (χ1n) is 10.7. The fourth-order valence-corrected chi connectivity index (χ4v) is 4.57. The molecule has 6 heteroatoms. The first kappa shape index (κ1) is 26.8. The SMILES string of the molecule is Br.CC[N+](C)(CC)CCO.O=C([O-])C(C1CCCCC1)C1(O)CCCCC1. The van der Waals surface area contributed by atoms with Gasteiger partial charge in [0.2, 0.25) is 0 Å². The molecule has 0 bridgehead atoms. The van der Waals surface area contributed by atoms with Crippen LogP contribution in [-0.4, -0.2) is 59.6 Å². The topological polar surface area (TPSA) is 80.6 Å². The molecule has 2 N–H and O–H groups in total. The molecule has 0 radical (unpaired) electrons. The quantitative estimate of drug-likeness (QED) is 0.582. The van der Waals surface area contributed by atoms with Crippen LogP contribution in [-0.2, 0) is 4.79 Å². The van der Waals surface area contributed by atoms with Gasteiger partial charge in [-0.25, -0.2) is 0 Å². The second-order valence-corrected chi connectivity index (χ2v) is 8.56. The van der Waals surface area contributed by atoms with Gasteiger partial charge in [-0.3, -0.25) is 0 Å². The molecule has 0 aliphatic heterocycles. The summed E-state index contributed by atoms with van der Waals surface area (Å²) in [6.45, 7) is 7.71. The predicted molar refractivity (Wildman–Crippen MR) is 113 cm³/mol. The van der Waals surface area contributed by atoms with E-state index >= 15 is 0 Å². The summed E-state index contributed by atoms with van der Waals surface area (Å²) in [7, 11) is 2.16. The Morgan fingerprint density at radius 2 is 1.56 bits per heavy atom. The van der Waals surface area contributed by atoms with Crippen molar-refractivity contribution in [3.05, 3.63) is 0 Å². The zero-order valence-corrected chi connectivity index (χ0v) is 19.3. The number of halogens is 1. The third kappa shape index (κ3) is 8.38. The number of aliphatic hydroxyl groups excluding tert-OH is 1. The van der Waals surface area contributed by atoms with Crippen LogP contribution in [0.5, 0.6) is 0 Å². The standard InChI is InChI=1S/C14H24O3.C7H18NO.BrH/c15-13(16)12(11-7-3-1-4-8-11)14(17)9-5-2-6-10-14;1-4-8(3,5-2)6-7-9;/h11-12,17H,1-10H2,(H,15,16);9H,4-7H2,1-3H3;1H/q;+1;/p-1. The van der Waals surface area contributed by atoms with Crippen molar-refractivity contribution in [2.24, 2.45) is 11.8 Å². The minimum atomic E-state index is -1.03. The van der Waals surface area contributed by atoms with Gasteiger partial charge < -0.3 is 24.6 Å². The van der Waals surface area contributed by atoms with Gasteiger partial charge in [0, 0.05) is 11.9 Å². The van der Waals surface area contributed by atoms with Gasteiger partial charge in [0.25, 0.3) is 0 Å². The van der Waals surface area contributed by atoms with Crippen molar-refractivity contribution in [3.63, 3.8) is 0 Å². The lowest BCUT2D eigenvalue weighted by atomic mass is 9.67. The Morgan fingerprint density at radius 1 is 1.07 bits per heavy atom. The Kier molecular flexibility index (Phi) is 13.0. The van der Waals surface area contributed by atoms with Crippen LogP contribution in [0.2, 0.25) is 0 Å². The van der Waals surface area contributed by atoms with E-state index in [9.17, 15) is 15.0 Å². The van der Waals surface area contributed by atoms with E-state index in [0.29, 0.717) is 19.4 Å². The first-order valence-corrected chi connectivity index (χ1v) is 10.7. The molecule has 2 rings (SSSR count). The fourth-order valence-electron chi connectivity index (χ4n) is 4.57. The zero-order chi connectivity index (χ0) is 19.6. The lowest BCUT2D eigenvalue weighted by molar-refractivity contribution is -0.906. The van der Waals surface area contributed by atoms with Crippen LogP contribution < -0.4 is 5.11 Å². The number of quaternary nitrogens is 1. The highest BCUT2D eigenvalue weighted by atomic mass is 79.9. The highest BCUT2D eigenvalue weighted by molar-refractivity contribution is 8.93. The fraction of sp³-hybridized carbons (Fsp3) is 0.952. The molecule has 5 nitrogen and oxygen atoms in total. The van der Waals surface area contributed by atoms with Crippen molar-refractivity contribution in [3.8, 4) is 0 Å². The molecule has 0 aromatic rings. The van der Waals surface area contributed by atoms with E-state index in [0.717, 1.165) is 69.1 Å². The molecule has 1 atom stereocenters. The van der Waals surface area contributed by atoms with E-state index in [1.807, 2.05) is 0 Å². The maximum absolute atomic E-state index is 11.4. The predicted octanol–water partition coefficient (Wildman–Crippen LogP) is 2.67. The number of nitrogens with zero attached hydrogens (tertiary/aromatic N) is 1. The Bertz CT molecular complexity index is 403. The molecule has 27 heavy (non-hydrogen) atoms. The van der Waals surface area contributed by atoms with E-state index in [4.69, 9.17) is 5.11 Å². The lowest BCUT2D eigenvalue weighted by Gasteiger charge is -2.44. The molecule has 2 aliphatic rings. The van der Waals surface area contributed by atoms with Crippen LogP contribution >= 0.6 is 17.0 Å². The summed E-state index contributed by atoms with van der Waals surface area (Å²) in [6, 6.07) is 0. The van der Waals surface area contributed by atoms with Gasteiger partial charge in [-0.2, -0.15) is 0 Å². The van der Waals surface area contributed by atoms with Gasteiger partial charge in [0.05, 0.1) is 32.3 Å². The summed E-state index contributed by atoms with van der Waals surface area (Å²) >= 11 is 0. The summed E-state index contributed by atoms with van der Waals surface area (Å²) in [5, 5.41) is 30.7. The maximum Gasteiger partial charge on any atom is 0.102 e. The summed E-state index contributed by atoms with van der Waals surface area (Å²) in [4.78, 5) is 11.4. The van der Waals surface area contributed by atoms with Crippen LogP contribution in [0.25, 0.3) is 0 Å². The number of hydrogen-bond donors (Lipinski definition) is 2. The highest BCUT2D eigenvalue weighted by Gasteiger charge is 2.42. The summed E-state index contributed by atoms with van der Waals surface area (Å²) in [5.41, 5.74) is -0.987.